The first-order chi connectivity index (χ1) is 24.4. The molecule has 5 aliphatic heterocycles. The molecular formula is C37H59N5O9PdS. The van der Waals surface area contributed by atoms with Gasteiger partial charge in [0.2, 0.25) is 5.91 Å². The van der Waals surface area contributed by atoms with Crippen molar-refractivity contribution in [2.75, 3.05) is 19.4 Å². The van der Waals surface area contributed by atoms with Crippen LogP contribution in [0.25, 0.3) is 10.6 Å². The van der Waals surface area contributed by atoms with Gasteiger partial charge < -0.3 is 36.4 Å². The summed E-state index contributed by atoms with van der Waals surface area (Å²) in [5, 5.41) is 30.9. The number of hydrogen-bond donors (Lipinski definition) is 5. The average molecular weight is 856 g/mol. The Morgan fingerprint density at radius 3 is 2.17 bits per heavy atom. The van der Waals surface area contributed by atoms with Crippen LogP contribution in [0.3, 0.4) is 0 Å². The molecular weight excluding hydrogens is 797 g/mol. The van der Waals surface area contributed by atoms with Crippen LogP contribution in [0.15, 0.2) is 11.1 Å². The van der Waals surface area contributed by atoms with E-state index in [4.69, 9.17) is 15.4 Å². The summed E-state index contributed by atoms with van der Waals surface area (Å²) < 4.78 is 37.6. The van der Waals surface area contributed by atoms with E-state index < -0.39 is 57.6 Å². The van der Waals surface area contributed by atoms with Gasteiger partial charge in [0.05, 0.1) is 12.9 Å². The molecule has 53 heavy (non-hydrogen) atoms. The maximum atomic E-state index is 14.1. The number of methoxy groups -OCH3 is 1. The van der Waals surface area contributed by atoms with Crippen molar-refractivity contribution in [3.8, 4) is 0 Å². The van der Waals surface area contributed by atoms with Gasteiger partial charge in [-0.25, -0.2) is 0 Å². The number of hydrogen-bond acceptors (Lipinski definition) is 9. The standard InChI is InChI=1S/C37H59N5O9S.Pd/c1-8-22-17(2)25-16-30-33(21(6)43)19(4)27(40-30)14-26-18(3)23(9-10-31(44)45)35(41-26)24(13-32(46)51-7)36-34(37(47)38-11-12-52(48,49)50)20(5)28(42-36)15-29(22)39-25;/h17-18,20,22-30,34-36,39,41H,8-16H2,1-7H3,(H,38,47)(H,44,45)(H,48,49,50);/q-2;+2/t17-,18+,20?,22-,23+,24?,25?,26?,27?,28?,29?,30?,34?,35?,36?;/m1./s1. The van der Waals surface area contributed by atoms with Gasteiger partial charge in [0, 0.05) is 49.5 Å². The Hall–Kier alpha value is -1.77. The van der Waals surface area contributed by atoms with Crippen molar-refractivity contribution in [1.82, 2.24) is 16.0 Å². The minimum absolute atomic E-state index is 0. The van der Waals surface area contributed by atoms with Gasteiger partial charge in [-0.3, -0.25) is 23.7 Å². The summed E-state index contributed by atoms with van der Waals surface area (Å²) in [5.74, 6) is -3.49. The molecule has 0 aliphatic carbocycles. The third-order valence-electron chi connectivity index (χ3n) is 13.4. The number of nitrogens with one attached hydrogen (secondary N) is 3. The number of carboxylic acids is 1. The molecule has 0 spiro atoms. The van der Waals surface area contributed by atoms with E-state index in [0.29, 0.717) is 37.5 Å². The van der Waals surface area contributed by atoms with Crippen molar-refractivity contribution < 1.29 is 62.4 Å². The first-order valence-electron chi connectivity index (χ1n) is 19.1. The van der Waals surface area contributed by atoms with E-state index in [-0.39, 0.29) is 99.6 Å². The first-order valence-corrected chi connectivity index (χ1v) is 20.7. The molecule has 302 valence electrons. The topological polar surface area (TPSA) is 216 Å². The second-order valence-electron chi connectivity index (χ2n) is 16.2. The Kier molecular flexibility index (Phi) is 14.9. The normalized spacial score (nSPS) is 39.7. The fraction of sp³-hybridized carbons (Fsp3) is 0.838. The van der Waals surface area contributed by atoms with Crippen LogP contribution in [0.1, 0.15) is 86.5 Å². The molecule has 11 unspecified atom stereocenters. The molecule has 14 nitrogen and oxygen atoms in total. The summed E-state index contributed by atoms with van der Waals surface area (Å²) in [7, 11) is -2.99. The van der Waals surface area contributed by atoms with E-state index in [9.17, 15) is 37.3 Å². The zero-order valence-corrected chi connectivity index (χ0v) is 34.3. The predicted molar refractivity (Wildman–Crippen MR) is 195 cm³/mol. The molecule has 8 bridgehead atoms. The fourth-order valence-corrected chi connectivity index (χ4v) is 11.1. The zero-order chi connectivity index (χ0) is 38.2. The van der Waals surface area contributed by atoms with E-state index in [1.807, 2.05) is 13.8 Å². The number of aliphatic carboxylic acids is 1. The monoisotopic (exact) mass is 855 g/mol. The van der Waals surface area contributed by atoms with Crippen molar-refractivity contribution >= 4 is 33.7 Å². The number of Topliss-reactive ketones (excluding diaryl/α,β-unsaturated/α-hetero) is 1. The number of carbonyl (C=O) groups excluding carboxylic acids is 3. The van der Waals surface area contributed by atoms with Gasteiger partial charge in [-0.1, -0.05) is 52.0 Å². The maximum Gasteiger partial charge on any atom is 2.00 e. The van der Waals surface area contributed by atoms with Crippen LogP contribution in [0, 0.1) is 41.4 Å². The van der Waals surface area contributed by atoms with Crippen molar-refractivity contribution in [3.63, 3.8) is 0 Å². The van der Waals surface area contributed by atoms with E-state index >= 15 is 0 Å². The van der Waals surface area contributed by atoms with Crippen LogP contribution in [-0.2, 0) is 54.5 Å². The second-order valence-corrected chi connectivity index (χ2v) is 17.8. The number of amides is 1. The summed E-state index contributed by atoms with van der Waals surface area (Å²) in [6.07, 6.45) is 3.10. The Morgan fingerprint density at radius 1 is 0.925 bits per heavy atom. The first kappa shape index (κ1) is 44.0. The fourth-order valence-electron chi connectivity index (χ4n) is 10.7. The Labute approximate surface area is 328 Å². The van der Waals surface area contributed by atoms with E-state index in [2.05, 4.69) is 36.7 Å². The van der Waals surface area contributed by atoms with Crippen LogP contribution in [-0.4, -0.2) is 109 Å². The number of fused-ring (bicyclic) bond motifs is 8. The molecule has 5 N–H and O–H groups in total. The molecule has 15 atom stereocenters. The van der Waals surface area contributed by atoms with Crippen molar-refractivity contribution in [2.45, 2.75) is 135 Å². The summed E-state index contributed by atoms with van der Waals surface area (Å²) in [5.41, 5.74) is 1.77. The molecule has 0 aromatic rings. The summed E-state index contributed by atoms with van der Waals surface area (Å²) in [6, 6.07) is -1.69. The molecule has 0 aromatic heterocycles. The Bertz CT molecular complexity index is 1510. The number of esters is 1. The van der Waals surface area contributed by atoms with Gasteiger partial charge in [-0.15, -0.1) is 24.2 Å². The number of ketones is 1. The van der Waals surface area contributed by atoms with E-state index in [1.54, 1.807) is 6.92 Å². The Morgan fingerprint density at radius 2 is 1.57 bits per heavy atom. The third kappa shape index (κ3) is 9.62. The second kappa shape index (κ2) is 18.0. The summed E-state index contributed by atoms with van der Waals surface area (Å²) >= 11 is 0. The van der Waals surface area contributed by atoms with Gasteiger partial charge in [0.15, 0.2) is 5.78 Å². The quantitative estimate of drug-likeness (QED) is 0.116. The predicted octanol–water partition coefficient (Wildman–Crippen LogP) is 3.22. The molecule has 0 aromatic carbocycles. The molecule has 0 saturated carbocycles. The number of rotatable bonds is 11. The van der Waals surface area contributed by atoms with Crippen LogP contribution >= 0.6 is 0 Å². The number of ether oxygens (including phenoxy) is 1. The SMILES string of the molecule is CC[C@H]1C2CC3[N-]C(C(CC(=O)OC)C4NC(CC5[N-]C(CC(N2)[C@@H]1C)C(C(C)=O)=C5C)[C@@H](C)[C@@H]4CCC(=O)O)C(C(=O)NCCS(=O)(=O)O)C3C.[Pd+2]. The molecule has 0 radical (unpaired) electrons. The molecule has 5 heterocycles. The minimum atomic E-state index is -4.31. The van der Waals surface area contributed by atoms with Gasteiger partial charge >= 0.3 is 32.4 Å². The van der Waals surface area contributed by atoms with Gasteiger partial charge in [0.25, 0.3) is 10.1 Å². The summed E-state index contributed by atoms with van der Waals surface area (Å²) in [4.78, 5) is 52.4. The third-order valence-corrected chi connectivity index (χ3v) is 14.2. The largest absolute Gasteiger partial charge is 2.00 e. The van der Waals surface area contributed by atoms with Crippen LogP contribution < -0.4 is 16.0 Å². The molecule has 1 amide bonds. The van der Waals surface area contributed by atoms with Crippen LogP contribution in [0.4, 0.5) is 0 Å². The van der Waals surface area contributed by atoms with Gasteiger partial charge in [-0.2, -0.15) is 8.42 Å². The van der Waals surface area contributed by atoms with Gasteiger partial charge in [-0.05, 0) is 68.3 Å². The van der Waals surface area contributed by atoms with Crippen molar-refractivity contribution in [2.24, 2.45) is 41.4 Å². The Balaban J connectivity index is 0.00000627. The minimum Gasteiger partial charge on any atom is -0.656 e. The van der Waals surface area contributed by atoms with Crippen molar-refractivity contribution in [3.05, 3.63) is 21.8 Å². The van der Waals surface area contributed by atoms with Gasteiger partial charge in [0.1, 0.15) is 0 Å². The molecule has 4 fully saturated rings. The molecule has 16 heteroatoms. The van der Waals surface area contributed by atoms with Crippen LogP contribution in [0.5, 0.6) is 0 Å². The molecule has 5 aliphatic rings. The maximum absolute atomic E-state index is 14.1. The smallest absolute Gasteiger partial charge is 0.656 e. The number of carbonyl (C=O) groups is 4. The van der Waals surface area contributed by atoms with Crippen LogP contribution in [0.2, 0.25) is 0 Å². The molecule has 4 saturated heterocycles. The van der Waals surface area contributed by atoms with Crippen molar-refractivity contribution in [1.29, 1.82) is 0 Å². The number of nitrogens with zero attached hydrogens (tertiary/aromatic N) is 2. The average Bonchev–Trinajstić information content (AvgIpc) is 3.74. The summed E-state index contributed by atoms with van der Waals surface area (Å²) in [6.45, 7) is 11.9. The van der Waals surface area contributed by atoms with E-state index in [0.717, 1.165) is 17.6 Å². The number of carboxylic acid groups (broad SMARTS) is 1. The zero-order valence-electron chi connectivity index (χ0n) is 31.9. The molecule has 5 rings (SSSR count). The van der Waals surface area contributed by atoms with E-state index in [1.165, 1.54) is 7.11 Å².